The third-order valence-corrected chi connectivity index (χ3v) is 2.50. The van der Waals surface area contributed by atoms with E-state index >= 15 is 0 Å². The number of alkyl halides is 1. The van der Waals surface area contributed by atoms with Crippen molar-refractivity contribution in [3.8, 4) is 0 Å². The Morgan fingerprint density at radius 3 is 2.53 bits per heavy atom. The zero-order chi connectivity index (χ0) is 14.6. The van der Waals surface area contributed by atoms with E-state index in [0.717, 1.165) is 12.1 Å². The van der Waals surface area contributed by atoms with Gasteiger partial charge in [0.05, 0.1) is 10.5 Å². The summed E-state index contributed by atoms with van der Waals surface area (Å²) in [7, 11) is 0. The molecule has 1 atom stereocenters. The van der Waals surface area contributed by atoms with Crippen LogP contribution in [0.1, 0.15) is 17.3 Å². The molecule has 0 aromatic heterocycles. The number of halogens is 2. The van der Waals surface area contributed by atoms with Crippen molar-refractivity contribution < 1.29 is 18.8 Å². The fourth-order valence-electron chi connectivity index (χ4n) is 1.18. The second-order valence-corrected chi connectivity index (χ2v) is 4.99. The second kappa shape index (κ2) is 6.28. The van der Waals surface area contributed by atoms with Gasteiger partial charge in [0.2, 0.25) is 5.91 Å². The van der Waals surface area contributed by atoms with E-state index in [1.165, 1.54) is 6.07 Å². The molecule has 0 fully saturated rings. The minimum atomic E-state index is -1.02. The van der Waals surface area contributed by atoms with Gasteiger partial charge in [-0.2, -0.15) is 0 Å². The predicted molar refractivity (Wildman–Crippen MR) is 70.5 cm³/mol. The summed E-state index contributed by atoms with van der Waals surface area (Å²) in [5.41, 5.74) is 4.64. The quantitative estimate of drug-likeness (QED) is 0.728. The van der Waals surface area contributed by atoms with E-state index in [1.807, 2.05) is 5.32 Å². The van der Waals surface area contributed by atoms with Gasteiger partial charge in [0.15, 0.2) is 0 Å². The highest BCUT2D eigenvalue weighted by Crippen LogP contribution is 2.17. The van der Waals surface area contributed by atoms with Gasteiger partial charge in [0, 0.05) is 5.56 Å². The van der Waals surface area contributed by atoms with Gasteiger partial charge < -0.3 is 11.1 Å². The fourth-order valence-corrected chi connectivity index (χ4v) is 1.29. The zero-order valence-electron chi connectivity index (χ0n) is 9.87. The number of nitrogens with two attached hydrogens (primary N) is 1. The van der Waals surface area contributed by atoms with Gasteiger partial charge in [-0.25, -0.2) is 9.18 Å². The molecule has 0 spiro atoms. The number of benzene rings is 1. The summed E-state index contributed by atoms with van der Waals surface area (Å²) in [4.78, 5) is 32.9. The number of rotatable bonds is 3. The summed E-state index contributed by atoms with van der Waals surface area (Å²) in [5, 5.41) is 4.14. The van der Waals surface area contributed by atoms with Crippen molar-refractivity contribution in [1.29, 1.82) is 0 Å². The van der Waals surface area contributed by atoms with Crippen molar-refractivity contribution in [3.05, 3.63) is 29.6 Å². The van der Waals surface area contributed by atoms with E-state index in [0.29, 0.717) is 0 Å². The van der Waals surface area contributed by atoms with Gasteiger partial charge in [-0.15, -0.1) is 0 Å². The van der Waals surface area contributed by atoms with E-state index in [4.69, 9.17) is 5.73 Å². The Hall–Kier alpha value is -1.96. The van der Waals surface area contributed by atoms with E-state index in [1.54, 1.807) is 6.92 Å². The lowest BCUT2D eigenvalue weighted by Crippen LogP contribution is -2.35. The van der Waals surface area contributed by atoms with Crippen molar-refractivity contribution in [2.75, 3.05) is 5.32 Å². The summed E-state index contributed by atoms with van der Waals surface area (Å²) >= 11 is 3.03. The van der Waals surface area contributed by atoms with Crippen LogP contribution in [0.15, 0.2) is 18.2 Å². The molecule has 102 valence electrons. The Bertz CT molecular complexity index is 534. The normalized spacial score (nSPS) is 11.5. The summed E-state index contributed by atoms with van der Waals surface area (Å²) in [5.74, 6) is -1.95. The van der Waals surface area contributed by atoms with Crippen molar-refractivity contribution in [2.45, 2.75) is 11.8 Å². The number of imide groups is 1. The standard InChI is InChI=1S/C11H11BrFN3O3/c1-5(12)9(17)15-8-4-6(2-3-7(8)13)10(18)16-11(14)19/h2-5H,1H3,(H,15,17)(H3,14,16,18,19). The zero-order valence-corrected chi connectivity index (χ0v) is 11.5. The van der Waals surface area contributed by atoms with Gasteiger partial charge >= 0.3 is 6.03 Å². The van der Waals surface area contributed by atoms with E-state index in [9.17, 15) is 18.8 Å². The third-order valence-electron chi connectivity index (χ3n) is 2.08. The number of hydrogen-bond donors (Lipinski definition) is 3. The van der Waals surface area contributed by atoms with E-state index in [2.05, 4.69) is 21.2 Å². The van der Waals surface area contributed by atoms with E-state index < -0.39 is 28.5 Å². The molecule has 0 bridgehead atoms. The molecular weight excluding hydrogens is 321 g/mol. The molecule has 4 amide bonds. The van der Waals surface area contributed by atoms with Crippen LogP contribution in [-0.4, -0.2) is 22.7 Å². The van der Waals surface area contributed by atoms with Gasteiger partial charge in [-0.3, -0.25) is 14.9 Å². The third kappa shape index (κ3) is 4.32. The minimum Gasteiger partial charge on any atom is -0.351 e. The molecule has 0 saturated heterocycles. The minimum absolute atomic E-state index is 0.00211. The summed E-state index contributed by atoms with van der Waals surface area (Å²) < 4.78 is 13.5. The summed E-state index contributed by atoms with van der Waals surface area (Å²) in [6.45, 7) is 1.57. The maximum atomic E-state index is 13.5. The van der Waals surface area contributed by atoms with Crippen LogP contribution >= 0.6 is 15.9 Å². The molecule has 1 aromatic carbocycles. The number of anilines is 1. The van der Waals surface area contributed by atoms with Gasteiger partial charge in [-0.1, -0.05) is 15.9 Å². The number of amides is 4. The first-order valence-corrected chi connectivity index (χ1v) is 6.08. The van der Waals surface area contributed by atoms with Crippen LogP contribution in [0.4, 0.5) is 14.9 Å². The molecule has 0 saturated carbocycles. The molecule has 0 radical (unpaired) electrons. The van der Waals surface area contributed by atoms with Crippen molar-refractivity contribution in [3.63, 3.8) is 0 Å². The monoisotopic (exact) mass is 331 g/mol. The fraction of sp³-hybridized carbons (Fsp3) is 0.182. The molecule has 1 unspecified atom stereocenters. The lowest BCUT2D eigenvalue weighted by atomic mass is 10.1. The highest BCUT2D eigenvalue weighted by Gasteiger charge is 2.15. The number of carbonyl (C=O) groups is 3. The average molecular weight is 332 g/mol. The van der Waals surface area contributed by atoms with Crippen LogP contribution in [0.2, 0.25) is 0 Å². The topological polar surface area (TPSA) is 101 Å². The Kier molecular flexibility index (Phi) is 4.99. The maximum Gasteiger partial charge on any atom is 0.319 e. The number of primary amides is 1. The van der Waals surface area contributed by atoms with Crippen molar-refractivity contribution in [2.24, 2.45) is 5.73 Å². The molecule has 0 aliphatic rings. The first kappa shape index (κ1) is 15.1. The van der Waals surface area contributed by atoms with Crippen LogP contribution in [0.5, 0.6) is 0 Å². The Labute approximate surface area is 116 Å². The Balaban J connectivity index is 2.97. The summed E-state index contributed by atoms with van der Waals surface area (Å²) in [6, 6.07) is 2.26. The molecular formula is C11H11BrFN3O3. The van der Waals surface area contributed by atoms with Gasteiger partial charge in [0.1, 0.15) is 5.82 Å². The molecule has 0 aliphatic heterocycles. The summed E-state index contributed by atoms with van der Waals surface area (Å²) in [6.07, 6.45) is 0. The Morgan fingerprint density at radius 2 is 2.00 bits per heavy atom. The van der Waals surface area contributed by atoms with E-state index in [-0.39, 0.29) is 11.3 Å². The van der Waals surface area contributed by atoms with Crippen LogP contribution in [0.25, 0.3) is 0 Å². The molecule has 1 aromatic rings. The molecule has 4 N–H and O–H groups in total. The lowest BCUT2D eigenvalue weighted by Gasteiger charge is -2.09. The molecule has 0 aliphatic carbocycles. The van der Waals surface area contributed by atoms with Crippen LogP contribution in [-0.2, 0) is 4.79 Å². The van der Waals surface area contributed by atoms with Gasteiger partial charge in [0.25, 0.3) is 5.91 Å². The first-order chi connectivity index (χ1) is 8.81. The molecule has 8 heteroatoms. The number of hydrogen-bond acceptors (Lipinski definition) is 3. The molecule has 1 rings (SSSR count). The lowest BCUT2D eigenvalue weighted by molar-refractivity contribution is -0.115. The highest BCUT2D eigenvalue weighted by atomic mass is 79.9. The molecule has 0 heterocycles. The van der Waals surface area contributed by atoms with Crippen LogP contribution in [0, 0.1) is 5.82 Å². The largest absolute Gasteiger partial charge is 0.351 e. The number of urea groups is 1. The van der Waals surface area contributed by atoms with Gasteiger partial charge in [-0.05, 0) is 25.1 Å². The maximum absolute atomic E-state index is 13.5. The molecule has 19 heavy (non-hydrogen) atoms. The number of carbonyl (C=O) groups excluding carboxylic acids is 3. The van der Waals surface area contributed by atoms with Crippen molar-refractivity contribution >= 4 is 39.5 Å². The Morgan fingerprint density at radius 1 is 1.37 bits per heavy atom. The highest BCUT2D eigenvalue weighted by molar-refractivity contribution is 9.10. The average Bonchev–Trinajstić information content (AvgIpc) is 2.30. The van der Waals surface area contributed by atoms with Crippen molar-refractivity contribution in [1.82, 2.24) is 5.32 Å². The first-order valence-electron chi connectivity index (χ1n) is 5.16. The SMILES string of the molecule is CC(Br)C(=O)Nc1cc(C(=O)NC(N)=O)ccc1F. The predicted octanol–water partition coefficient (Wildman–Crippen LogP) is 1.36. The smallest absolute Gasteiger partial charge is 0.319 e. The number of nitrogens with one attached hydrogen (secondary N) is 2. The van der Waals surface area contributed by atoms with Crippen LogP contribution < -0.4 is 16.4 Å². The second-order valence-electron chi connectivity index (χ2n) is 3.62. The molecule has 6 nitrogen and oxygen atoms in total. The van der Waals surface area contributed by atoms with Crippen LogP contribution in [0.3, 0.4) is 0 Å².